The highest BCUT2D eigenvalue weighted by atomic mass is 32.2. The average molecular weight is 336 g/mol. The molecule has 3 rings (SSSR count). The van der Waals surface area contributed by atoms with E-state index >= 15 is 0 Å². The van der Waals surface area contributed by atoms with Crippen molar-refractivity contribution in [1.29, 1.82) is 0 Å². The highest BCUT2D eigenvalue weighted by Crippen LogP contribution is 2.34. The molecule has 23 heavy (non-hydrogen) atoms. The van der Waals surface area contributed by atoms with Crippen molar-refractivity contribution in [3.63, 3.8) is 0 Å². The van der Waals surface area contributed by atoms with Crippen molar-refractivity contribution in [2.45, 2.75) is 10.9 Å². The van der Waals surface area contributed by atoms with Crippen molar-refractivity contribution in [2.24, 2.45) is 0 Å². The number of fused-ring (bicyclic) bond motifs is 1. The third-order valence-electron chi connectivity index (χ3n) is 3.84. The number of aliphatic carboxylic acids is 1. The van der Waals surface area contributed by atoms with E-state index in [0.717, 1.165) is 4.90 Å². The molecule has 1 fully saturated rings. The Balaban J connectivity index is 1.79. The van der Waals surface area contributed by atoms with E-state index in [9.17, 15) is 19.5 Å². The normalized spacial score (nSPS) is 21.0. The van der Waals surface area contributed by atoms with E-state index in [-0.39, 0.29) is 37.3 Å². The van der Waals surface area contributed by atoms with Gasteiger partial charge in [0.25, 0.3) is 0 Å². The van der Waals surface area contributed by atoms with Crippen molar-refractivity contribution in [3.8, 4) is 0 Å². The molecule has 2 aliphatic rings. The van der Waals surface area contributed by atoms with Crippen LogP contribution in [0.15, 0.2) is 29.2 Å². The second-order valence-electron chi connectivity index (χ2n) is 5.25. The van der Waals surface area contributed by atoms with Gasteiger partial charge >= 0.3 is 5.97 Å². The van der Waals surface area contributed by atoms with E-state index in [2.05, 4.69) is 0 Å². The van der Waals surface area contributed by atoms with Crippen molar-refractivity contribution < 1.29 is 24.2 Å². The van der Waals surface area contributed by atoms with Gasteiger partial charge in [-0.3, -0.25) is 9.59 Å². The smallest absolute Gasteiger partial charge is 0.328 e. The number of benzene rings is 1. The van der Waals surface area contributed by atoms with Gasteiger partial charge in [0.15, 0.2) is 6.04 Å². The predicted molar refractivity (Wildman–Crippen MR) is 83.5 cm³/mol. The maximum atomic E-state index is 12.5. The van der Waals surface area contributed by atoms with Gasteiger partial charge in [0.1, 0.15) is 6.54 Å². The van der Waals surface area contributed by atoms with E-state index in [1.807, 2.05) is 18.2 Å². The second-order valence-corrected chi connectivity index (χ2v) is 6.27. The number of rotatable bonds is 3. The second kappa shape index (κ2) is 6.59. The maximum Gasteiger partial charge on any atom is 0.328 e. The van der Waals surface area contributed by atoms with Crippen LogP contribution in [0.2, 0.25) is 0 Å². The highest BCUT2D eigenvalue weighted by Gasteiger charge is 2.35. The Morgan fingerprint density at radius 1 is 1.35 bits per heavy atom. The van der Waals surface area contributed by atoms with Crippen LogP contribution in [-0.2, 0) is 19.1 Å². The fourth-order valence-corrected chi connectivity index (χ4v) is 3.60. The van der Waals surface area contributed by atoms with Crippen LogP contribution in [0.5, 0.6) is 0 Å². The fourth-order valence-electron chi connectivity index (χ4n) is 2.66. The number of carboxylic acid groups (broad SMARTS) is 1. The molecule has 2 amide bonds. The number of carboxylic acids is 1. The Bertz CT molecular complexity index is 651. The van der Waals surface area contributed by atoms with Gasteiger partial charge in [-0.05, 0) is 12.1 Å². The molecule has 1 N–H and O–H groups in total. The standard InChI is InChI=1S/C15H16N2O5S/c18-13(16-5-6-22-8-11(16)15(20)21)7-17-10-3-1-2-4-12(10)23-9-14(17)19/h1-4,11H,5-9H2,(H,20,21)/t11-/m0/s1. The minimum atomic E-state index is -1.10. The summed E-state index contributed by atoms with van der Waals surface area (Å²) in [5, 5.41) is 9.22. The summed E-state index contributed by atoms with van der Waals surface area (Å²) in [4.78, 5) is 39.6. The van der Waals surface area contributed by atoms with Crippen LogP contribution in [0.25, 0.3) is 0 Å². The van der Waals surface area contributed by atoms with Crippen molar-refractivity contribution in [3.05, 3.63) is 24.3 Å². The summed E-state index contributed by atoms with van der Waals surface area (Å²) in [5.41, 5.74) is 0.697. The number of hydrogen-bond donors (Lipinski definition) is 1. The van der Waals surface area contributed by atoms with Crippen molar-refractivity contribution >= 4 is 35.2 Å². The van der Waals surface area contributed by atoms with Crippen molar-refractivity contribution in [1.82, 2.24) is 4.90 Å². The molecule has 1 atom stereocenters. The molecule has 0 aromatic heterocycles. The molecule has 1 saturated heterocycles. The van der Waals surface area contributed by atoms with E-state index < -0.39 is 12.0 Å². The van der Waals surface area contributed by atoms with Crippen LogP contribution >= 0.6 is 11.8 Å². The van der Waals surface area contributed by atoms with Crippen LogP contribution in [0.1, 0.15) is 0 Å². The summed E-state index contributed by atoms with van der Waals surface area (Å²) in [6.07, 6.45) is 0. The summed E-state index contributed by atoms with van der Waals surface area (Å²) in [5.74, 6) is -1.35. The Hall–Kier alpha value is -2.06. The molecule has 1 aromatic rings. The number of anilines is 1. The number of amides is 2. The quantitative estimate of drug-likeness (QED) is 0.862. The topological polar surface area (TPSA) is 87.2 Å². The van der Waals surface area contributed by atoms with Crippen LogP contribution in [-0.4, -0.2) is 65.9 Å². The summed E-state index contributed by atoms with van der Waals surface area (Å²) in [6, 6.07) is 6.38. The zero-order valence-corrected chi connectivity index (χ0v) is 13.1. The summed E-state index contributed by atoms with van der Waals surface area (Å²) in [7, 11) is 0. The summed E-state index contributed by atoms with van der Waals surface area (Å²) in [6.45, 7) is 0.339. The number of nitrogens with zero attached hydrogens (tertiary/aromatic N) is 2. The largest absolute Gasteiger partial charge is 0.480 e. The van der Waals surface area contributed by atoms with E-state index in [4.69, 9.17) is 4.74 Å². The molecule has 122 valence electrons. The molecule has 0 aliphatic carbocycles. The van der Waals surface area contributed by atoms with Gasteiger partial charge in [-0.2, -0.15) is 0 Å². The molecule has 2 aliphatic heterocycles. The molecule has 8 heteroatoms. The molecule has 1 aromatic carbocycles. The lowest BCUT2D eigenvalue weighted by atomic mass is 10.2. The first kappa shape index (κ1) is 15.8. The first-order valence-electron chi connectivity index (χ1n) is 7.20. The monoisotopic (exact) mass is 336 g/mol. The number of carbonyl (C=O) groups excluding carboxylic acids is 2. The van der Waals surface area contributed by atoms with E-state index in [1.165, 1.54) is 21.6 Å². The number of hydrogen-bond acceptors (Lipinski definition) is 5. The minimum Gasteiger partial charge on any atom is -0.480 e. The van der Waals surface area contributed by atoms with E-state index in [1.54, 1.807) is 6.07 Å². The minimum absolute atomic E-state index is 0.0263. The Morgan fingerprint density at radius 3 is 2.91 bits per heavy atom. The number of morpholine rings is 1. The van der Waals surface area contributed by atoms with Gasteiger partial charge in [0.2, 0.25) is 11.8 Å². The lowest BCUT2D eigenvalue weighted by molar-refractivity contribution is -0.157. The molecular weight excluding hydrogens is 320 g/mol. The molecule has 2 heterocycles. The molecular formula is C15H16N2O5S. The predicted octanol–water partition coefficient (Wildman–Crippen LogP) is 0.437. The molecule has 0 unspecified atom stereocenters. The number of ether oxygens (including phenoxy) is 1. The molecule has 0 saturated carbocycles. The summed E-state index contributed by atoms with van der Waals surface area (Å²) < 4.78 is 5.13. The first-order chi connectivity index (χ1) is 11.1. The van der Waals surface area contributed by atoms with Gasteiger partial charge in [-0.1, -0.05) is 12.1 Å². The third kappa shape index (κ3) is 3.18. The third-order valence-corrected chi connectivity index (χ3v) is 4.88. The van der Waals surface area contributed by atoms with Crippen LogP contribution in [0, 0.1) is 0 Å². The zero-order chi connectivity index (χ0) is 16.4. The first-order valence-corrected chi connectivity index (χ1v) is 8.18. The van der Waals surface area contributed by atoms with Crippen molar-refractivity contribution in [2.75, 3.05) is 37.0 Å². The molecule has 0 radical (unpaired) electrons. The highest BCUT2D eigenvalue weighted by molar-refractivity contribution is 8.00. The Kier molecular flexibility index (Phi) is 4.53. The number of para-hydroxylation sites is 1. The molecule has 0 spiro atoms. The average Bonchev–Trinajstić information content (AvgIpc) is 2.57. The SMILES string of the molecule is O=C(O)[C@@H]1COCCN1C(=O)CN1C(=O)CSc2ccccc21. The molecule has 0 bridgehead atoms. The van der Waals surface area contributed by atoms with Crippen LogP contribution < -0.4 is 4.90 Å². The van der Waals surface area contributed by atoms with Crippen LogP contribution in [0.3, 0.4) is 0 Å². The van der Waals surface area contributed by atoms with Gasteiger partial charge in [0.05, 0.1) is 24.7 Å². The lowest BCUT2D eigenvalue weighted by Gasteiger charge is -2.35. The Labute approximate surface area is 137 Å². The van der Waals surface area contributed by atoms with Gasteiger partial charge < -0.3 is 19.6 Å². The summed E-state index contributed by atoms with van der Waals surface area (Å²) >= 11 is 1.44. The fraction of sp³-hybridized carbons (Fsp3) is 0.400. The van der Waals surface area contributed by atoms with E-state index in [0.29, 0.717) is 12.3 Å². The number of thioether (sulfide) groups is 1. The zero-order valence-electron chi connectivity index (χ0n) is 12.3. The van der Waals surface area contributed by atoms with Gasteiger partial charge in [-0.15, -0.1) is 11.8 Å². The van der Waals surface area contributed by atoms with Gasteiger partial charge in [0, 0.05) is 11.4 Å². The Morgan fingerprint density at radius 2 is 2.13 bits per heavy atom. The lowest BCUT2D eigenvalue weighted by Crippen LogP contribution is -2.55. The molecule has 7 nitrogen and oxygen atoms in total. The van der Waals surface area contributed by atoms with Crippen LogP contribution in [0.4, 0.5) is 5.69 Å². The number of carbonyl (C=O) groups is 3. The van der Waals surface area contributed by atoms with Gasteiger partial charge in [-0.25, -0.2) is 4.79 Å². The maximum absolute atomic E-state index is 12.5.